The summed E-state index contributed by atoms with van der Waals surface area (Å²) in [5.74, 6) is 0. The molecule has 1 aliphatic heterocycles. The highest BCUT2D eigenvalue weighted by molar-refractivity contribution is 5.77. The lowest BCUT2D eigenvalue weighted by atomic mass is 10.1. The van der Waals surface area contributed by atoms with Gasteiger partial charge in [0.1, 0.15) is 23.8 Å². The Morgan fingerprint density at radius 2 is 2.05 bits per heavy atom. The average Bonchev–Trinajstić information content (AvgIpc) is 2.93. The molecule has 3 heterocycles. The van der Waals surface area contributed by atoms with Gasteiger partial charge in [-0.05, 0) is 19.9 Å². The summed E-state index contributed by atoms with van der Waals surface area (Å²) in [4.78, 5) is 8.62. The van der Waals surface area contributed by atoms with Crippen molar-refractivity contribution in [1.29, 1.82) is 0 Å². The maximum absolute atomic E-state index is 10.1. The van der Waals surface area contributed by atoms with Crippen LogP contribution in [0.2, 0.25) is 0 Å². The van der Waals surface area contributed by atoms with Crippen molar-refractivity contribution < 1.29 is 20.1 Å². The number of aliphatic hydroxyl groups is 3. The molecule has 0 aliphatic carbocycles. The van der Waals surface area contributed by atoms with Gasteiger partial charge in [-0.3, -0.25) is 4.98 Å². The zero-order valence-electron chi connectivity index (χ0n) is 11.3. The summed E-state index contributed by atoms with van der Waals surface area (Å²) in [6, 6.07) is 1.85. The molecule has 0 aromatic carbocycles. The van der Waals surface area contributed by atoms with Crippen LogP contribution in [0.15, 0.2) is 12.4 Å². The second kappa shape index (κ2) is 4.78. The van der Waals surface area contributed by atoms with Crippen LogP contribution in [0, 0.1) is 13.8 Å². The first-order chi connectivity index (χ1) is 9.52. The van der Waals surface area contributed by atoms with Crippen LogP contribution < -0.4 is 0 Å². The number of fused-ring (bicyclic) bond motifs is 1. The van der Waals surface area contributed by atoms with Crippen LogP contribution in [0.25, 0.3) is 11.0 Å². The van der Waals surface area contributed by atoms with Crippen LogP contribution in [0.4, 0.5) is 0 Å². The average molecular weight is 279 g/mol. The summed E-state index contributed by atoms with van der Waals surface area (Å²) in [6.07, 6.45) is -2.24. The molecule has 3 rings (SSSR count). The van der Waals surface area contributed by atoms with Crippen LogP contribution in [0.5, 0.6) is 0 Å². The van der Waals surface area contributed by atoms with Gasteiger partial charge in [0.15, 0.2) is 6.23 Å². The first-order valence-corrected chi connectivity index (χ1v) is 6.46. The van der Waals surface area contributed by atoms with Crippen LogP contribution in [-0.2, 0) is 4.74 Å². The third kappa shape index (κ3) is 1.90. The molecule has 2 aromatic rings. The largest absolute Gasteiger partial charge is 0.394 e. The monoisotopic (exact) mass is 279 g/mol. The van der Waals surface area contributed by atoms with Gasteiger partial charge in [-0.2, -0.15) is 0 Å². The van der Waals surface area contributed by atoms with Crippen molar-refractivity contribution in [2.24, 2.45) is 0 Å². The normalized spacial score (nSPS) is 30.2. The van der Waals surface area contributed by atoms with E-state index in [4.69, 9.17) is 9.84 Å². The number of imidazole rings is 1. The Hall–Kier alpha value is -1.54. The van der Waals surface area contributed by atoms with Gasteiger partial charge in [-0.15, -0.1) is 0 Å². The lowest BCUT2D eigenvalue weighted by molar-refractivity contribution is -0.0508. The molecule has 7 heteroatoms. The van der Waals surface area contributed by atoms with Gasteiger partial charge < -0.3 is 24.6 Å². The number of aryl methyl sites for hydroxylation is 2. The van der Waals surface area contributed by atoms with E-state index < -0.39 is 24.5 Å². The molecule has 0 unspecified atom stereocenters. The molecule has 0 spiro atoms. The predicted octanol–water partition coefficient (Wildman–Crippen LogP) is -0.340. The van der Waals surface area contributed by atoms with Gasteiger partial charge in [0, 0.05) is 5.69 Å². The van der Waals surface area contributed by atoms with E-state index in [2.05, 4.69) is 9.97 Å². The third-order valence-electron chi connectivity index (χ3n) is 3.66. The maximum Gasteiger partial charge on any atom is 0.164 e. The van der Waals surface area contributed by atoms with E-state index in [1.54, 1.807) is 10.9 Å². The Morgan fingerprint density at radius 3 is 2.70 bits per heavy atom. The van der Waals surface area contributed by atoms with E-state index in [0.29, 0.717) is 0 Å². The first kappa shape index (κ1) is 13.4. The number of nitrogens with zero attached hydrogens (tertiary/aromatic N) is 3. The summed E-state index contributed by atoms with van der Waals surface area (Å²) in [7, 11) is 0. The smallest absolute Gasteiger partial charge is 0.164 e. The Bertz CT molecular complexity index is 642. The van der Waals surface area contributed by atoms with Crippen molar-refractivity contribution >= 4 is 11.0 Å². The summed E-state index contributed by atoms with van der Waals surface area (Å²) in [6.45, 7) is 3.39. The van der Waals surface area contributed by atoms with Gasteiger partial charge in [0.2, 0.25) is 0 Å². The highest BCUT2D eigenvalue weighted by Gasteiger charge is 2.43. The van der Waals surface area contributed by atoms with Gasteiger partial charge in [-0.1, -0.05) is 0 Å². The standard InChI is InChI=1S/C13H17N3O4/c1-6-3-8-10(7(2)15-6)14-5-16(8)13-12(19)11(18)9(4-17)20-13/h3,5,9,11-13,17-19H,4H2,1-2H3/t9-,11-,12-,13-/m1/s1. The molecule has 0 saturated carbocycles. The molecule has 1 aliphatic rings. The number of hydrogen-bond donors (Lipinski definition) is 3. The van der Waals surface area contributed by atoms with Gasteiger partial charge in [0.25, 0.3) is 0 Å². The van der Waals surface area contributed by atoms with Crippen molar-refractivity contribution in [2.75, 3.05) is 6.61 Å². The summed E-state index contributed by atoms with van der Waals surface area (Å²) in [5, 5.41) is 29.0. The Labute approximate surface area is 115 Å². The van der Waals surface area contributed by atoms with E-state index in [1.165, 1.54) is 0 Å². The lowest BCUT2D eigenvalue weighted by Crippen LogP contribution is -2.33. The van der Waals surface area contributed by atoms with Gasteiger partial charge >= 0.3 is 0 Å². The minimum Gasteiger partial charge on any atom is -0.394 e. The fourth-order valence-corrected chi connectivity index (χ4v) is 2.65. The summed E-state index contributed by atoms with van der Waals surface area (Å²) < 4.78 is 7.19. The second-order valence-corrected chi connectivity index (χ2v) is 5.10. The number of hydrogen-bond acceptors (Lipinski definition) is 6. The van der Waals surface area contributed by atoms with E-state index in [1.807, 2.05) is 19.9 Å². The van der Waals surface area contributed by atoms with E-state index in [-0.39, 0.29) is 6.61 Å². The molecule has 3 N–H and O–H groups in total. The summed E-state index contributed by atoms with van der Waals surface area (Å²) >= 11 is 0. The number of rotatable bonds is 2. The molecule has 2 aromatic heterocycles. The van der Waals surface area contributed by atoms with Crippen LogP contribution in [0.3, 0.4) is 0 Å². The Morgan fingerprint density at radius 1 is 1.30 bits per heavy atom. The zero-order valence-corrected chi connectivity index (χ0v) is 11.3. The SMILES string of the molecule is Cc1cc2c(ncn2[C@@H]2O[C@H](CO)[C@@H](O)[C@H]2O)c(C)n1. The van der Waals surface area contributed by atoms with E-state index in [9.17, 15) is 10.2 Å². The lowest BCUT2D eigenvalue weighted by Gasteiger charge is -2.17. The molecule has 20 heavy (non-hydrogen) atoms. The van der Waals surface area contributed by atoms with Crippen molar-refractivity contribution in [3.05, 3.63) is 23.8 Å². The van der Waals surface area contributed by atoms with Gasteiger partial charge in [0.05, 0.1) is 24.1 Å². The topological polar surface area (TPSA) is 101 Å². The highest BCUT2D eigenvalue weighted by Crippen LogP contribution is 2.32. The number of aromatic nitrogens is 3. The van der Waals surface area contributed by atoms with Crippen LogP contribution in [-0.4, -0.2) is 54.8 Å². The minimum absolute atomic E-state index is 0.346. The van der Waals surface area contributed by atoms with Crippen LogP contribution in [0.1, 0.15) is 17.6 Å². The third-order valence-corrected chi connectivity index (χ3v) is 3.66. The molecule has 0 radical (unpaired) electrons. The van der Waals surface area contributed by atoms with Gasteiger partial charge in [-0.25, -0.2) is 4.98 Å². The van der Waals surface area contributed by atoms with E-state index >= 15 is 0 Å². The fourth-order valence-electron chi connectivity index (χ4n) is 2.65. The molecular formula is C13H17N3O4. The van der Waals surface area contributed by atoms with Crippen LogP contribution >= 0.6 is 0 Å². The highest BCUT2D eigenvalue weighted by atomic mass is 16.6. The van der Waals surface area contributed by atoms with E-state index in [0.717, 1.165) is 22.4 Å². The van der Waals surface area contributed by atoms with Crippen molar-refractivity contribution in [3.63, 3.8) is 0 Å². The quantitative estimate of drug-likeness (QED) is 0.695. The molecule has 7 nitrogen and oxygen atoms in total. The minimum atomic E-state index is -1.12. The number of aliphatic hydroxyl groups excluding tert-OH is 3. The molecule has 1 saturated heterocycles. The first-order valence-electron chi connectivity index (χ1n) is 6.46. The predicted molar refractivity (Wildman–Crippen MR) is 70.0 cm³/mol. The molecule has 108 valence electrons. The molecule has 4 atom stereocenters. The zero-order chi connectivity index (χ0) is 14.4. The van der Waals surface area contributed by atoms with Crippen molar-refractivity contribution in [1.82, 2.24) is 14.5 Å². The molecule has 0 amide bonds. The summed E-state index contributed by atoms with van der Waals surface area (Å²) in [5.41, 5.74) is 3.15. The maximum atomic E-state index is 10.1. The Kier molecular flexibility index (Phi) is 3.21. The second-order valence-electron chi connectivity index (χ2n) is 5.10. The number of pyridine rings is 1. The Balaban J connectivity index is 2.07. The molecule has 1 fully saturated rings. The van der Waals surface area contributed by atoms with Crippen molar-refractivity contribution in [3.8, 4) is 0 Å². The fraction of sp³-hybridized carbons (Fsp3) is 0.538. The molecular weight excluding hydrogens is 262 g/mol. The van der Waals surface area contributed by atoms with Crippen molar-refractivity contribution in [2.45, 2.75) is 38.4 Å². The molecule has 0 bridgehead atoms. The number of ether oxygens (including phenoxy) is 1.